The normalized spacial score (nSPS) is 14.6. The molecule has 2 aromatic rings. The molecule has 2 N–H and O–H groups in total. The maximum Gasteiger partial charge on any atom is 0.337 e. The molecule has 1 fully saturated rings. The first-order valence-electron chi connectivity index (χ1n) is 9.25. The van der Waals surface area contributed by atoms with Crippen LogP contribution >= 0.6 is 11.6 Å². The van der Waals surface area contributed by atoms with Gasteiger partial charge >= 0.3 is 5.97 Å². The molecule has 1 aliphatic heterocycles. The number of carbonyl (C=O) groups is 2. The van der Waals surface area contributed by atoms with Crippen molar-refractivity contribution in [3.8, 4) is 0 Å². The van der Waals surface area contributed by atoms with Gasteiger partial charge < -0.3 is 19.9 Å². The van der Waals surface area contributed by atoms with Crippen molar-refractivity contribution in [2.24, 2.45) is 0 Å². The summed E-state index contributed by atoms with van der Waals surface area (Å²) in [5.74, 6) is -0.715. The third-order valence-corrected chi connectivity index (χ3v) is 5.46. The van der Waals surface area contributed by atoms with Gasteiger partial charge in [0.05, 0.1) is 57.3 Å². The fourth-order valence-corrected chi connectivity index (χ4v) is 3.40. The molecule has 0 spiro atoms. The zero-order valence-corrected chi connectivity index (χ0v) is 17.1. The van der Waals surface area contributed by atoms with Crippen LogP contribution in [0.3, 0.4) is 0 Å². The average molecular weight is 403 g/mol. The van der Waals surface area contributed by atoms with E-state index in [4.69, 9.17) is 16.3 Å². The Bertz CT molecular complexity index is 892. The van der Waals surface area contributed by atoms with E-state index in [0.717, 1.165) is 37.4 Å². The third kappa shape index (κ3) is 4.46. The number of methoxy groups -OCH3 is 1. The SMILES string of the molecule is COC(=O)c1ccc(N2CC[NH+](C)CC2)c(NC(=O)c2ccc(C)c(Cl)c2)c1. The monoisotopic (exact) mass is 402 g/mol. The topological polar surface area (TPSA) is 63.1 Å². The maximum absolute atomic E-state index is 12.8. The number of nitrogens with one attached hydrogen (secondary N) is 2. The van der Waals surface area contributed by atoms with Gasteiger partial charge in [-0.25, -0.2) is 4.79 Å². The number of benzene rings is 2. The van der Waals surface area contributed by atoms with Gasteiger partial charge in [-0.3, -0.25) is 4.79 Å². The van der Waals surface area contributed by atoms with Crippen molar-refractivity contribution in [2.75, 3.05) is 50.6 Å². The van der Waals surface area contributed by atoms with E-state index in [1.807, 2.05) is 19.1 Å². The summed E-state index contributed by atoms with van der Waals surface area (Å²) in [6.07, 6.45) is 0. The van der Waals surface area contributed by atoms with E-state index in [-0.39, 0.29) is 5.91 Å². The lowest BCUT2D eigenvalue weighted by molar-refractivity contribution is -0.880. The van der Waals surface area contributed by atoms with Gasteiger partial charge in [0.2, 0.25) is 0 Å². The van der Waals surface area contributed by atoms with Crippen molar-refractivity contribution in [1.29, 1.82) is 0 Å². The smallest absolute Gasteiger partial charge is 0.337 e. The van der Waals surface area contributed by atoms with E-state index in [0.29, 0.717) is 21.8 Å². The van der Waals surface area contributed by atoms with Gasteiger partial charge in [0.25, 0.3) is 5.91 Å². The van der Waals surface area contributed by atoms with Gasteiger partial charge in [0.15, 0.2) is 0 Å². The van der Waals surface area contributed by atoms with Gasteiger partial charge in [-0.05, 0) is 42.8 Å². The summed E-state index contributed by atoms with van der Waals surface area (Å²) in [6.45, 7) is 5.67. The number of rotatable bonds is 4. The first-order valence-corrected chi connectivity index (χ1v) is 9.63. The quantitative estimate of drug-likeness (QED) is 0.768. The van der Waals surface area contributed by atoms with Crippen LogP contribution in [0.1, 0.15) is 26.3 Å². The van der Waals surface area contributed by atoms with Gasteiger partial charge in [-0.1, -0.05) is 17.7 Å². The van der Waals surface area contributed by atoms with E-state index in [9.17, 15) is 9.59 Å². The standard InChI is InChI=1S/C21H24ClN3O3/c1-14-4-5-15(12-17(14)22)20(26)23-18-13-16(21(27)28-3)6-7-19(18)25-10-8-24(2)9-11-25/h4-7,12-13H,8-11H2,1-3H3,(H,23,26)/p+1. The molecule has 0 aromatic heterocycles. The first-order chi connectivity index (χ1) is 13.4. The van der Waals surface area contributed by atoms with Crippen LogP contribution in [0.2, 0.25) is 5.02 Å². The second-order valence-corrected chi connectivity index (χ2v) is 7.49. The van der Waals surface area contributed by atoms with Gasteiger partial charge in [-0.2, -0.15) is 0 Å². The van der Waals surface area contributed by atoms with Crippen LogP contribution < -0.4 is 15.1 Å². The fraction of sp³-hybridized carbons (Fsp3) is 0.333. The molecule has 7 heteroatoms. The minimum Gasteiger partial charge on any atom is -0.465 e. The minimum absolute atomic E-state index is 0.273. The van der Waals surface area contributed by atoms with Crippen molar-refractivity contribution in [1.82, 2.24) is 0 Å². The van der Waals surface area contributed by atoms with E-state index in [1.54, 1.807) is 24.3 Å². The van der Waals surface area contributed by atoms with Crippen molar-refractivity contribution in [2.45, 2.75) is 6.92 Å². The number of piperazine rings is 1. The molecule has 1 amide bonds. The van der Waals surface area contributed by atoms with E-state index < -0.39 is 5.97 Å². The van der Waals surface area contributed by atoms with Gasteiger partial charge in [0.1, 0.15) is 0 Å². The number of hydrogen-bond donors (Lipinski definition) is 2. The van der Waals surface area contributed by atoms with Crippen molar-refractivity contribution >= 4 is 34.9 Å². The lowest BCUT2D eigenvalue weighted by Crippen LogP contribution is -3.12. The molecule has 0 aliphatic carbocycles. The van der Waals surface area contributed by atoms with Gasteiger partial charge in [-0.15, -0.1) is 0 Å². The summed E-state index contributed by atoms with van der Waals surface area (Å²) < 4.78 is 4.82. The Hall–Kier alpha value is -2.57. The first kappa shape index (κ1) is 20.2. The summed E-state index contributed by atoms with van der Waals surface area (Å²) in [4.78, 5) is 28.5. The average Bonchev–Trinajstić information content (AvgIpc) is 2.70. The Kier molecular flexibility index (Phi) is 6.21. The Morgan fingerprint density at radius 1 is 1.11 bits per heavy atom. The number of anilines is 2. The van der Waals surface area contributed by atoms with Crippen LogP contribution in [-0.4, -0.2) is 52.2 Å². The molecule has 3 rings (SSSR count). The van der Waals surface area contributed by atoms with E-state index >= 15 is 0 Å². The number of nitrogens with zero attached hydrogens (tertiary/aromatic N) is 1. The Morgan fingerprint density at radius 2 is 1.79 bits per heavy atom. The summed E-state index contributed by atoms with van der Waals surface area (Å²) in [7, 11) is 3.51. The van der Waals surface area contributed by atoms with E-state index in [1.165, 1.54) is 12.0 Å². The molecule has 0 atom stereocenters. The zero-order valence-electron chi connectivity index (χ0n) is 16.3. The van der Waals surface area contributed by atoms with Crippen LogP contribution in [0.25, 0.3) is 0 Å². The highest BCUT2D eigenvalue weighted by atomic mass is 35.5. The zero-order chi connectivity index (χ0) is 20.3. The number of hydrogen-bond acceptors (Lipinski definition) is 4. The maximum atomic E-state index is 12.8. The third-order valence-electron chi connectivity index (χ3n) is 5.06. The fourth-order valence-electron chi connectivity index (χ4n) is 3.21. The number of esters is 1. The van der Waals surface area contributed by atoms with E-state index in [2.05, 4.69) is 17.3 Å². The summed E-state index contributed by atoms with van der Waals surface area (Å²) >= 11 is 6.16. The number of likely N-dealkylation sites (N-methyl/N-ethyl adjacent to an activating group) is 1. The highest BCUT2D eigenvalue weighted by Gasteiger charge is 2.22. The van der Waals surface area contributed by atoms with Crippen LogP contribution in [-0.2, 0) is 4.74 Å². The van der Waals surface area contributed by atoms with Crippen LogP contribution in [0.5, 0.6) is 0 Å². The molecule has 0 unspecified atom stereocenters. The number of ether oxygens (including phenoxy) is 1. The number of halogens is 1. The predicted molar refractivity (Wildman–Crippen MR) is 111 cm³/mol. The van der Waals surface area contributed by atoms with Crippen LogP contribution in [0, 0.1) is 6.92 Å². The second kappa shape index (κ2) is 8.63. The van der Waals surface area contributed by atoms with Crippen molar-refractivity contribution in [3.05, 3.63) is 58.1 Å². The van der Waals surface area contributed by atoms with Gasteiger partial charge in [0, 0.05) is 10.6 Å². The Balaban J connectivity index is 1.92. The van der Waals surface area contributed by atoms with Crippen molar-refractivity contribution < 1.29 is 19.2 Å². The summed E-state index contributed by atoms with van der Waals surface area (Å²) in [6, 6.07) is 10.5. The Morgan fingerprint density at radius 3 is 2.43 bits per heavy atom. The highest BCUT2D eigenvalue weighted by molar-refractivity contribution is 6.31. The molecule has 0 radical (unpaired) electrons. The molecule has 2 aromatic carbocycles. The van der Waals surface area contributed by atoms with Crippen molar-refractivity contribution in [3.63, 3.8) is 0 Å². The minimum atomic E-state index is -0.441. The Labute approximate surface area is 170 Å². The molecule has 148 valence electrons. The molecular weight excluding hydrogens is 378 g/mol. The molecule has 0 saturated carbocycles. The largest absolute Gasteiger partial charge is 0.465 e. The molecular formula is C21H25ClN3O3+. The summed E-state index contributed by atoms with van der Waals surface area (Å²) in [5.41, 5.74) is 3.25. The number of quaternary nitrogens is 1. The lowest BCUT2D eigenvalue weighted by atomic mass is 10.1. The van der Waals surface area contributed by atoms with Crippen LogP contribution in [0.15, 0.2) is 36.4 Å². The molecule has 6 nitrogen and oxygen atoms in total. The molecule has 1 saturated heterocycles. The number of carbonyl (C=O) groups excluding carboxylic acids is 2. The molecule has 28 heavy (non-hydrogen) atoms. The second-order valence-electron chi connectivity index (χ2n) is 7.09. The number of aryl methyl sites for hydroxylation is 1. The predicted octanol–water partition coefficient (Wildman–Crippen LogP) is 2.02. The molecule has 0 bridgehead atoms. The number of amides is 1. The summed E-state index contributed by atoms with van der Waals surface area (Å²) in [5, 5.41) is 3.49. The highest BCUT2D eigenvalue weighted by Crippen LogP contribution is 2.29. The molecule has 1 aliphatic rings. The molecule has 1 heterocycles. The lowest BCUT2D eigenvalue weighted by Gasteiger charge is -2.33. The van der Waals surface area contributed by atoms with Crippen LogP contribution in [0.4, 0.5) is 11.4 Å².